The molecule has 3 heteroatoms. The van der Waals surface area contributed by atoms with E-state index in [1.165, 1.54) is 16.7 Å². The van der Waals surface area contributed by atoms with Gasteiger partial charge in [-0.25, -0.2) is 5.43 Å². The summed E-state index contributed by atoms with van der Waals surface area (Å²) in [6, 6.07) is 18.6. The van der Waals surface area contributed by atoms with E-state index in [9.17, 15) is 4.79 Å². The second-order valence-corrected chi connectivity index (χ2v) is 6.40. The highest BCUT2D eigenvalue weighted by molar-refractivity contribution is 6.03. The van der Waals surface area contributed by atoms with Crippen LogP contribution in [0, 0.1) is 5.92 Å². The number of carbonyl (C=O) groups is 1. The molecule has 2 aromatic carbocycles. The van der Waals surface area contributed by atoms with E-state index in [0.717, 1.165) is 31.4 Å². The quantitative estimate of drug-likeness (QED) is 0.864. The van der Waals surface area contributed by atoms with Crippen LogP contribution in [0.4, 0.5) is 0 Å². The third kappa shape index (κ3) is 2.91. The maximum atomic E-state index is 12.3. The molecule has 0 radical (unpaired) electrons. The van der Waals surface area contributed by atoms with Gasteiger partial charge in [0.05, 0.1) is 5.71 Å². The number of aryl methyl sites for hydroxylation is 1. The molecule has 2 aliphatic carbocycles. The molecule has 0 aromatic heterocycles. The van der Waals surface area contributed by atoms with Crippen molar-refractivity contribution in [3.63, 3.8) is 0 Å². The van der Waals surface area contributed by atoms with Gasteiger partial charge in [0.15, 0.2) is 0 Å². The van der Waals surface area contributed by atoms with E-state index < -0.39 is 0 Å². The first-order valence-corrected chi connectivity index (χ1v) is 8.32. The maximum Gasteiger partial charge on any atom is 0.243 e. The maximum absolute atomic E-state index is 12.3. The molecule has 1 saturated carbocycles. The van der Waals surface area contributed by atoms with E-state index in [4.69, 9.17) is 0 Å². The van der Waals surface area contributed by atoms with Crippen molar-refractivity contribution in [2.75, 3.05) is 0 Å². The average Bonchev–Trinajstić information content (AvgIpc) is 3.41. The Balaban J connectivity index is 1.43. The van der Waals surface area contributed by atoms with E-state index in [-0.39, 0.29) is 11.8 Å². The number of rotatable bonds is 3. The minimum absolute atomic E-state index is 0.0504. The smallest absolute Gasteiger partial charge is 0.243 e. The van der Waals surface area contributed by atoms with Gasteiger partial charge in [-0.05, 0) is 42.7 Å². The van der Waals surface area contributed by atoms with E-state index in [1.54, 1.807) is 0 Å². The molecule has 0 unspecified atom stereocenters. The molecule has 1 N–H and O–H groups in total. The summed E-state index contributed by atoms with van der Waals surface area (Å²) < 4.78 is 0. The fourth-order valence-electron chi connectivity index (χ4n) is 3.48. The highest BCUT2D eigenvalue weighted by Gasteiger charge is 2.43. The first-order valence-electron chi connectivity index (χ1n) is 8.32. The van der Waals surface area contributed by atoms with Gasteiger partial charge in [-0.2, -0.15) is 5.10 Å². The van der Waals surface area contributed by atoms with Gasteiger partial charge in [-0.15, -0.1) is 0 Å². The Morgan fingerprint density at radius 3 is 2.65 bits per heavy atom. The predicted octanol–water partition coefficient (Wildman–Crippen LogP) is 3.65. The molecule has 2 atom stereocenters. The van der Waals surface area contributed by atoms with Crippen LogP contribution in [0.15, 0.2) is 59.7 Å². The Labute approximate surface area is 136 Å². The number of carbonyl (C=O) groups excluding carboxylic acids is 1. The first kappa shape index (κ1) is 14.2. The van der Waals surface area contributed by atoms with Gasteiger partial charge in [-0.1, -0.05) is 54.6 Å². The number of hydrogen-bond acceptors (Lipinski definition) is 2. The molecule has 0 heterocycles. The molecule has 4 rings (SSSR count). The first-order chi connectivity index (χ1) is 11.3. The van der Waals surface area contributed by atoms with Gasteiger partial charge < -0.3 is 0 Å². The standard InChI is InChI=1S/C20H20N2O/c23-20(18-13-17(18)15-7-2-1-3-8-15)22-21-19-12-6-10-14-9-4-5-11-16(14)19/h1-5,7-9,11,17-18H,6,10,12-13H2,(H,22,23)/t17-,18+/m0/s1. The molecule has 0 spiro atoms. The average molecular weight is 304 g/mol. The van der Waals surface area contributed by atoms with Crippen LogP contribution in [-0.4, -0.2) is 11.6 Å². The van der Waals surface area contributed by atoms with Gasteiger partial charge in [0.1, 0.15) is 0 Å². The van der Waals surface area contributed by atoms with Crippen molar-refractivity contribution in [2.24, 2.45) is 11.0 Å². The SMILES string of the molecule is O=C(NN=C1CCCc2ccccc21)[C@@H]1C[C@H]1c1ccccc1. The third-order valence-corrected chi connectivity index (χ3v) is 4.84. The number of hydrazone groups is 1. The highest BCUT2D eigenvalue weighted by atomic mass is 16.2. The van der Waals surface area contributed by atoms with Crippen molar-refractivity contribution >= 4 is 11.6 Å². The summed E-state index contributed by atoms with van der Waals surface area (Å²) in [7, 11) is 0. The van der Waals surface area contributed by atoms with Gasteiger partial charge in [0, 0.05) is 11.5 Å². The Bertz CT molecular complexity index is 751. The number of benzene rings is 2. The van der Waals surface area contributed by atoms with Crippen molar-refractivity contribution in [3.05, 3.63) is 71.3 Å². The normalized spacial score (nSPS) is 24.1. The van der Waals surface area contributed by atoms with Crippen LogP contribution in [-0.2, 0) is 11.2 Å². The summed E-state index contributed by atoms with van der Waals surface area (Å²) in [4.78, 5) is 12.3. The molecule has 116 valence electrons. The molecule has 1 amide bonds. The van der Waals surface area contributed by atoms with Crippen LogP contribution >= 0.6 is 0 Å². The summed E-state index contributed by atoms with van der Waals surface area (Å²) in [5, 5.41) is 4.43. The largest absolute Gasteiger partial charge is 0.273 e. The highest BCUT2D eigenvalue weighted by Crippen LogP contribution is 2.47. The fraction of sp³-hybridized carbons (Fsp3) is 0.300. The van der Waals surface area contributed by atoms with E-state index in [1.807, 2.05) is 24.3 Å². The minimum Gasteiger partial charge on any atom is -0.273 e. The van der Waals surface area contributed by atoms with Crippen molar-refractivity contribution < 1.29 is 4.79 Å². The lowest BCUT2D eigenvalue weighted by atomic mass is 9.90. The number of fused-ring (bicyclic) bond motifs is 1. The fourth-order valence-corrected chi connectivity index (χ4v) is 3.48. The van der Waals surface area contributed by atoms with Crippen LogP contribution in [0.2, 0.25) is 0 Å². The lowest BCUT2D eigenvalue weighted by molar-refractivity contribution is -0.122. The van der Waals surface area contributed by atoms with E-state index in [2.05, 4.69) is 40.9 Å². The minimum atomic E-state index is 0.0504. The zero-order chi connectivity index (χ0) is 15.6. The summed E-state index contributed by atoms with van der Waals surface area (Å²) in [5.74, 6) is 0.477. The molecule has 1 fully saturated rings. The molecule has 0 saturated heterocycles. The van der Waals surface area contributed by atoms with E-state index >= 15 is 0 Å². The van der Waals surface area contributed by atoms with Gasteiger partial charge in [-0.3, -0.25) is 4.79 Å². The number of amides is 1. The second-order valence-electron chi connectivity index (χ2n) is 6.40. The Hall–Kier alpha value is -2.42. The molecule has 2 aliphatic rings. The van der Waals surface area contributed by atoms with Crippen molar-refractivity contribution in [2.45, 2.75) is 31.6 Å². The Kier molecular flexibility index (Phi) is 3.70. The molecule has 2 aromatic rings. The van der Waals surface area contributed by atoms with Crippen molar-refractivity contribution in [3.8, 4) is 0 Å². The molecule has 0 aliphatic heterocycles. The summed E-state index contributed by atoms with van der Waals surface area (Å²) in [6.07, 6.45) is 4.06. The van der Waals surface area contributed by atoms with E-state index in [0.29, 0.717) is 5.92 Å². The lowest BCUT2D eigenvalue weighted by Crippen LogP contribution is -2.23. The number of nitrogens with zero attached hydrogens (tertiary/aromatic N) is 1. The summed E-state index contributed by atoms with van der Waals surface area (Å²) in [6.45, 7) is 0. The summed E-state index contributed by atoms with van der Waals surface area (Å²) >= 11 is 0. The second kappa shape index (κ2) is 5.99. The zero-order valence-corrected chi connectivity index (χ0v) is 13.0. The molecular weight excluding hydrogens is 284 g/mol. The van der Waals surface area contributed by atoms with Crippen LogP contribution in [0.3, 0.4) is 0 Å². The van der Waals surface area contributed by atoms with Crippen LogP contribution < -0.4 is 5.43 Å². The molecule has 0 bridgehead atoms. The summed E-state index contributed by atoms with van der Waals surface area (Å²) in [5.41, 5.74) is 7.59. The van der Waals surface area contributed by atoms with Gasteiger partial charge in [0.25, 0.3) is 0 Å². The number of nitrogens with one attached hydrogen (secondary N) is 1. The monoisotopic (exact) mass is 304 g/mol. The third-order valence-electron chi connectivity index (χ3n) is 4.84. The molecule has 3 nitrogen and oxygen atoms in total. The van der Waals surface area contributed by atoms with Crippen molar-refractivity contribution in [1.82, 2.24) is 5.43 Å². The van der Waals surface area contributed by atoms with Crippen molar-refractivity contribution in [1.29, 1.82) is 0 Å². The molecule has 23 heavy (non-hydrogen) atoms. The Morgan fingerprint density at radius 1 is 1.00 bits per heavy atom. The van der Waals surface area contributed by atoms with Crippen LogP contribution in [0.25, 0.3) is 0 Å². The predicted molar refractivity (Wildman–Crippen MR) is 91.3 cm³/mol. The number of hydrogen-bond donors (Lipinski definition) is 1. The van der Waals surface area contributed by atoms with Gasteiger partial charge in [0.2, 0.25) is 5.91 Å². The van der Waals surface area contributed by atoms with Gasteiger partial charge >= 0.3 is 0 Å². The topological polar surface area (TPSA) is 41.5 Å². The molecular formula is C20H20N2O. The van der Waals surface area contributed by atoms with Crippen LogP contribution in [0.1, 0.15) is 41.9 Å². The lowest BCUT2D eigenvalue weighted by Gasteiger charge is -2.17. The zero-order valence-electron chi connectivity index (χ0n) is 13.0. The Morgan fingerprint density at radius 2 is 1.78 bits per heavy atom. The van der Waals surface area contributed by atoms with Crippen LogP contribution in [0.5, 0.6) is 0 Å².